The van der Waals surface area contributed by atoms with E-state index in [1.807, 2.05) is 43.3 Å². The molecule has 2 saturated carbocycles. The van der Waals surface area contributed by atoms with Crippen LogP contribution in [0.5, 0.6) is 5.75 Å². The molecule has 2 aromatic carbocycles. The summed E-state index contributed by atoms with van der Waals surface area (Å²) in [6.45, 7) is 3.78. The highest BCUT2D eigenvalue weighted by atomic mass is 16.5. The number of aliphatic hydroxyl groups excluding tert-OH is 1. The second kappa shape index (κ2) is 9.40. The first-order chi connectivity index (χ1) is 15.8. The zero-order chi connectivity index (χ0) is 23.6. The van der Waals surface area contributed by atoms with Crippen LogP contribution in [0, 0.1) is 24.2 Å². The number of hydrogen-bond donors (Lipinski definition) is 2. The molecule has 0 spiro atoms. The van der Waals surface area contributed by atoms with Crippen LogP contribution < -0.4 is 4.74 Å². The van der Waals surface area contributed by atoms with E-state index in [9.17, 15) is 19.8 Å². The minimum Gasteiger partial charge on any atom is -0.489 e. The number of hydrogen-bond acceptors (Lipinski definition) is 5. The summed E-state index contributed by atoms with van der Waals surface area (Å²) in [5.41, 5.74) is 1.08. The molecule has 4 unspecified atom stereocenters. The summed E-state index contributed by atoms with van der Waals surface area (Å²) < 4.78 is 6.00. The van der Waals surface area contributed by atoms with Crippen molar-refractivity contribution in [1.82, 2.24) is 0 Å². The highest BCUT2D eigenvalue weighted by Crippen LogP contribution is 2.59. The van der Waals surface area contributed by atoms with Crippen molar-refractivity contribution in [2.75, 3.05) is 6.61 Å². The molecule has 5 nitrogen and oxygen atoms in total. The lowest BCUT2D eigenvalue weighted by Gasteiger charge is -2.47. The lowest BCUT2D eigenvalue weighted by molar-refractivity contribution is -0.161. The van der Waals surface area contributed by atoms with E-state index in [-0.39, 0.29) is 24.0 Å². The third-order valence-corrected chi connectivity index (χ3v) is 8.16. The van der Waals surface area contributed by atoms with Crippen LogP contribution in [-0.4, -0.2) is 34.0 Å². The lowest BCUT2D eigenvalue weighted by Crippen LogP contribution is -2.56. The summed E-state index contributed by atoms with van der Waals surface area (Å²) in [5.74, 6) is 0.577. The van der Waals surface area contributed by atoms with Crippen molar-refractivity contribution in [2.45, 2.75) is 64.6 Å². The van der Waals surface area contributed by atoms with Crippen molar-refractivity contribution in [2.24, 2.45) is 17.3 Å². The number of carbonyl (C=O) groups is 2. The number of fused-ring (bicyclic) bond motifs is 1. The van der Waals surface area contributed by atoms with Crippen LogP contribution in [0.15, 0.2) is 48.5 Å². The SMILES string of the molecule is Cc1ccc(OCc2ccccc2)cc1CCC1CC(=O)CC2(C)C1CCC2(O)C(=O)CO. The van der Waals surface area contributed by atoms with Crippen molar-refractivity contribution in [3.63, 3.8) is 0 Å². The van der Waals surface area contributed by atoms with Crippen LogP contribution in [0.1, 0.15) is 55.7 Å². The summed E-state index contributed by atoms with van der Waals surface area (Å²) in [5, 5.41) is 20.6. The number of Topliss-reactive ketones (excluding diaryl/α,β-unsaturated/α-hetero) is 2. The molecule has 4 atom stereocenters. The largest absolute Gasteiger partial charge is 0.489 e. The first kappa shape index (κ1) is 23.7. The molecule has 2 aromatic rings. The minimum absolute atomic E-state index is 0.0912. The van der Waals surface area contributed by atoms with Crippen LogP contribution in [0.2, 0.25) is 0 Å². The number of carbonyl (C=O) groups excluding carboxylic acids is 2. The number of benzene rings is 2. The minimum atomic E-state index is -1.61. The van der Waals surface area contributed by atoms with Crippen molar-refractivity contribution in [1.29, 1.82) is 0 Å². The maximum absolute atomic E-state index is 12.7. The number of aliphatic hydroxyl groups is 2. The lowest BCUT2D eigenvalue weighted by atomic mass is 9.58. The Labute approximate surface area is 195 Å². The summed E-state index contributed by atoms with van der Waals surface area (Å²) in [4.78, 5) is 25.1. The fourth-order valence-corrected chi connectivity index (χ4v) is 6.21. The fraction of sp³-hybridized carbons (Fsp3) is 0.500. The maximum Gasteiger partial charge on any atom is 0.190 e. The molecule has 0 saturated heterocycles. The van der Waals surface area contributed by atoms with Crippen molar-refractivity contribution in [3.05, 3.63) is 65.2 Å². The van der Waals surface area contributed by atoms with Gasteiger partial charge in [-0.2, -0.15) is 0 Å². The number of rotatable bonds is 8. The van der Waals surface area contributed by atoms with E-state index in [4.69, 9.17) is 4.74 Å². The third kappa shape index (κ3) is 4.49. The van der Waals surface area contributed by atoms with Gasteiger partial charge in [-0.15, -0.1) is 0 Å². The Morgan fingerprint density at radius 3 is 2.67 bits per heavy atom. The van der Waals surface area contributed by atoms with Crippen LogP contribution in [0.4, 0.5) is 0 Å². The highest BCUT2D eigenvalue weighted by molar-refractivity contribution is 5.91. The Hall–Kier alpha value is -2.50. The van der Waals surface area contributed by atoms with Gasteiger partial charge in [-0.3, -0.25) is 9.59 Å². The van der Waals surface area contributed by atoms with Gasteiger partial charge in [-0.25, -0.2) is 0 Å². The average molecular weight is 451 g/mol. The first-order valence-electron chi connectivity index (χ1n) is 11.9. The quantitative estimate of drug-likeness (QED) is 0.630. The Kier molecular flexibility index (Phi) is 6.73. The zero-order valence-electron chi connectivity index (χ0n) is 19.5. The molecule has 0 aliphatic heterocycles. The summed E-state index contributed by atoms with van der Waals surface area (Å²) in [7, 11) is 0. The molecule has 5 heteroatoms. The van der Waals surface area contributed by atoms with Gasteiger partial charge in [-0.05, 0) is 73.3 Å². The van der Waals surface area contributed by atoms with Gasteiger partial charge < -0.3 is 14.9 Å². The normalized spacial score (nSPS) is 29.0. The Morgan fingerprint density at radius 1 is 1.18 bits per heavy atom. The summed E-state index contributed by atoms with van der Waals surface area (Å²) >= 11 is 0. The summed E-state index contributed by atoms with van der Waals surface area (Å²) in [6, 6.07) is 16.2. The fourth-order valence-electron chi connectivity index (χ4n) is 6.21. The van der Waals surface area contributed by atoms with Gasteiger partial charge in [0.2, 0.25) is 0 Å². The molecule has 2 fully saturated rings. The van der Waals surface area contributed by atoms with E-state index in [1.54, 1.807) is 0 Å². The van der Waals surface area contributed by atoms with Gasteiger partial charge in [0.1, 0.15) is 30.3 Å². The zero-order valence-corrected chi connectivity index (χ0v) is 19.5. The smallest absolute Gasteiger partial charge is 0.190 e. The van der Waals surface area contributed by atoms with Gasteiger partial charge in [-0.1, -0.05) is 43.3 Å². The molecular weight excluding hydrogens is 416 g/mol. The van der Waals surface area contributed by atoms with E-state index in [0.29, 0.717) is 25.9 Å². The van der Waals surface area contributed by atoms with Crippen molar-refractivity contribution >= 4 is 11.6 Å². The van der Waals surface area contributed by atoms with E-state index < -0.39 is 23.4 Å². The van der Waals surface area contributed by atoms with E-state index in [2.05, 4.69) is 19.1 Å². The van der Waals surface area contributed by atoms with Gasteiger partial charge in [0.25, 0.3) is 0 Å². The number of aryl methyl sites for hydroxylation is 2. The first-order valence-corrected chi connectivity index (χ1v) is 11.9. The molecule has 0 bridgehead atoms. The van der Waals surface area contributed by atoms with Crippen LogP contribution in [0.3, 0.4) is 0 Å². The maximum atomic E-state index is 12.7. The Balaban J connectivity index is 1.46. The number of ketones is 2. The molecule has 0 heterocycles. The van der Waals surface area contributed by atoms with Crippen LogP contribution in [-0.2, 0) is 22.6 Å². The second-order valence-electron chi connectivity index (χ2n) is 10.1. The van der Waals surface area contributed by atoms with E-state index >= 15 is 0 Å². The topological polar surface area (TPSA) is 83.8 Å². The third-order valence-electron chi connectivity index (χ3n) is 8.16. The van der Waals surface area contributed by atoms with Gasteiger partial charge >= 0.3 is 0 Å². The van der Waals surface area contributed by atoms with E-state index in [1.165, 1.54) is 11.1 Å². The van der Waals surface area contributed by atoms with Crippen LogP contribution in [0.25, 0.3) is 0 Å². The molecule has 176 valence electrons. The van der Waals surface area contributed by atoms with Crippen LogP contribution >= 0.6 is 0 Å². The molecule has 4 rings (SSSR count). The monoisotopic (exact) mass is 450 g/mol. The Morgan fingerprint density at radius 2 is 1.94 bits per heavy atom. The molecule has 0 radical (unpaired) electrons. The highest BCUT2D eigenvalue weighted by Gasteiger charge is 2.63. The molecule has 0 aromatic heterocycles. The predicted molar refractivity (Wildman–Crippen MR) is 126 cm³/mol. The van der Waals surface area contributed by atoms with Crippen molar-refractivity contribution in [3.8, 4) is 5.75 Å². The predicted octanol–water partition coefficient (Wildman–Crippen LogP) is 4.19. The molecule has 0 amide bonds. The van der Waals surface area contributed by atoms with Crippen molar-refractivity contribution < 1.29 is 24.5 Å². The van der Waals surface area contributed by atoms with Gasteiger partial charge in [0, 0.05) is 18.3 Å². The summed E-state index contributed by atoms with van der Waals surface area (Å²) in [6.07, 6.45) is 3.35. The number of ether oxygens (including phenoxy) is 1. The standard InChI is InChI=1S/C28H34O5/c1-19-8-11-24(33-18-20-6-4-3-5-7-20)15-21(19)9-10-22-14-23(30)16-27(2)25(22)12-13-28(27,32)26(31)17-29/h3-8,11,15,22,25,29,32H,9-10,12-14,16-18H2,1-2H3. The second-order valence-corrected chi connectivity index (χ2v) is 10.1. The molecular formula is C28H34O5. The molecule has 2 aliphatic carbocycles. The molecule has 33 heavy (non-hydrogen) atoms. The Bertz CT molecular complexity index is 1020. The van der Waals surface area contributed by atoms with E-state index in [0.717, 1.165) is 24.2 Å². The molecule has 2 N–H and O–H groups in total. The van der Waals surface area contributed by atoms with Gasteiger partial charge in [0.05, 0.1) is 0 Å². The average Bonchev–Trinajstić information content (AvgIpc) is 3.08. The van der Waals surface area contributed by atoms with Gasteiger partial charge in [0.15, 0.2) is 5.78 Å². The molecule has 2 aliphatic rings.